The lowest BCUT2D eigenvalue weighted by Crippen LogP contribution is -2.51. The van der Waals surface area contributed by atoms with Gasteiger partial charge in [-0.05, 0) is 53.6 Å². The fraction of sp³-hybridized carbons (Fsp3) is 0.938. The third-order valence-corrected chi connectivity index (χ3v) is 4.74. The Kier molecular flexibility index (Phi) is 5.88. The van der Waals surface area contributed by atoms with Gasteiger partial charge in [-0.15, -0.1) is 0 Å². The van der Waals surface area contributed by atoms with Gasteiger partial charge in [0.2, 0.25) is 0 Å². The van der Waals surface area contributed by atoms with Gasteiger partial charge in [0.15, 0.2) is 0 Å². The molecule has 0 aromatic carbocycles. The summed E-state index contributed by atoms with van der Waals surface area (Å²) in [6, 6.07) is 1.95. The Balaban J connectivity index is 1.71. The third-order valence-electron chi connectivity index (χ3n) is 4.74. The predicted molar refractivity (Wildman–Crippen MR) is 86.5 cm³/mol. The second-order valence-electron chi connectivity index (χ2n) is 7.00. The van der Waals surface area contributed by atoms with Crippen molar-refractivity contribution in [1.82, 2.24) is 20.0 Å². The summed E-state index contributed by atoms with van der Waals surface area (Å²) in [7, 11) is 4.20. The number of carbonyl (C=O) groups excluding carboxylic acids is 1. The molecule has 0 aromatic rings. The van der Waals surface area contributed by atoms with Crippen molar-refractivity contribution in [2.45, 2.75) is 57.7 Å². The van der Waals surface area contributed by atoms with Crippen LogP contribution in [0.1, 0.15) is 39.5 Å². The van der Waals surface area contributed by atoms with Gasteiger partial charge in [-0.3, -0.25) is 4.90 Å². The molecular formula is C16H32N4O. The lowest BCUT2D eigenvalue weighted by Gasteiger charge is -2.36. The molecular weight excluding hydrogens is 264 g/mol. The minimum atomic E-state index is 0.112. The van der Waals surface area contributed by atoms with Gasteiger partial charge in [0.05, 0.1) is 0 Å². The molecule has 0 unspecified atom stereocenters. The Bertz CT molecular complexity index is 339. The smallest absolute Gasteiger partial charge is 0.317 e. The molecule has 1 atom stereocenters. The SMILES string of the molecule is CC(C)N(CCNC(=O)N1CCC[C@H](N(C)C)C1)C1CC1. The first-order valence-corrected chi connectivity index (χ1v) is 8.44. The van der Waals surface area contributed by atoms with Gasteiger partial charge in [-0.2, -0.15) is 0 Å². The maximum atomic E-state index is 12.3. The summed E-state index contributed by atoms with van der Waals surface area (Å²) in [4.78, 5) is 19.0. The van der Waals surface area contributed by atoms with Crippen molar-refractivity contribution in [2.24, 2.45) is 0 Å². The number of likely N-dealkylation sites (N-methyl/N-ethyl adjacent to an activating group) is 1. The third kappa shape index (κ3) is 4.85. The molecule has 122 valence electrons. The van der Waals surface area contributed by atoms with Crippen LogP contribution < -0.4 is 5.32 Å². The zero-order chi connectivity index (χ0) is 15.4. The number of piperidine rings is 1. The van der Waals surface area contributed by atoms with Gasteiger partial charge < -0.3 is 15.1 Å². The van der Waals surface area contributed by atoms with Gasteiger partial charge >= 0.3 is 6.03 Å². The fourth-order valence-corrected chi connectivity index (χ4v) is 3.23. The van der Waals surface area contributed by atoms with Crippen LogP contribution in [0.2, 0.25) is 0 Å². The van der Waals surface area contributed by atoms with Gasteiger partial charge in [0.25, 0.3) is 0 Å². The average molecular weight is 296 g/mol. The molecule has 1 N–H and O–H groups in total. The van der Waals surface area contributed by atoms with E-state index in [1.807, 2.05) is 4.90 Å². The quantitative estimate of drug-likeness (QED) is 0.809. The molecule has 1 saturated carbocycles. The number of hydrogen-bond acceptors (Lipinski definition) is 3. The molecule has 1 heterocycles. The number of nitrogens with one attached hydrogen (secondary N) is 1. The standard InChI is InChI=1S/C16H32N4O/c1-13(2)20(14-7-8-14)11-9-17-16(21)19-10-5-6-15(12-19)18(3)4/h13-15H,5-12H2,1-4H3,(H,17,21)/t15-/m0/s1. The number of urea groups is 1. The van der Waals surface area contributed by atoms with Gasteiger partial charge in [-0.1, -0.05) is 0 Å². The number of amides is 2. The molecule has 1 aliphatic carbocycles. The molecule has 2 amide bonds. The second kappa shape index (κ2) is 7.45. The maximum absolute atomic E-state index is 12.3. The van der Waals surface area contributed by atoms with E-state index in [1.165, 1.54) is 19.3 Å². The molecule has 2 aliphatic rings. The molecule has 21 heavy (non-hydrogen) atoms. The normalized spacial score (nSPS) is 23.2. The Labute approximate surface area is 129 Å². The Hall–Kier alpha value is -0.810. The lowest BCUT2D eigenvalue weighted by molar-refractivity contribution is 0.138. The highest BCUT2D eigenvalue weighted by Crippen LogP contribution is 2.27. The fourth-order valence-electron chi connectivity index (χ4n) is 3.23. The van der Waals surface area contributed by atoms with Crippen LogP contribution >= 0.6 is 0 Å². The average Bonchev–Trinajstić information content (AvgIpc) is 3.27. The van der Waals surface area contributed by atoms with E-state index in [1.54, 1.807) is 0 Å². The van der Waals surface area contributed by atoms with E-state index < -0.39 is 0 Å². The molecule has 0 bridgehead atoms. The predicted octanol–water partition coefficient (Wildman–Crippen LogP) is 1.59. The highest BCUT2D eigenvalue weighted by Gasteiger charge is 2.30. The molecule has 2 rings (SSSR count). The molecule has 2 fully saturated rings. The molecule has 0 aromatic heterocycles. The van der Waals surface area contributed by atoms with Crippen molar-refractivity contribution < 1.29 is 4.79 Å². The summed E-state index contributed by atoms with van der Waals surface area (Å²) in [5.74, 6) is 0. The van der Waals surface area contributed by atoms with Crippen LogP contribution in [0, 0.1) is 0 Å². The summed E-state index contributed by atoms with van der Waals surface area (Å²) >= 11 is 0. The number of carbonyl (C=O) groups is 1. The van der Waals surface area contributed by atoms with E-state index in [0.717, 1.165) is 38.6 Å². The van der Waals surface area contributed by atoms with Crippen molar-refractivity contribution in [3.63, 3.8) is 0 Å². The van der Waals surface area contributed by atoms with Crippen LogP contribution in [-0.4, -0.2) is 79.1 Å². The number of likely N-dealkylation sites (tertiary alicyclic amines) is 1. The Morgan fingerprint density at radius 1 is 1.24 bits per heavy atom. The highest BCUT2D eigenvalue weighted by atomic mass is 16.2. The largest absolute Gasteiger partial charge is 0.337 e. The first-order chi connectivity index (χ1) is 9.99. The minimum Gasteiger partial charge on any atom is -0.337 e. The Morgan fingerprint density at radius 3 is 2.52 bits per heavy atom. The van der Waals surface area contributed by atoms with Gasteiger partial charge in [0.1, 0.15) is 0 Å². The molecule has 1 aliphatic heterocycles. The van der Waals surface area contributed by atoms with E-state index in [9.17, 15) is 4.79 Å². The zero-order valence-corrected chi connectivity index (χ0v) is 14.1. The van der Waals surface area contributed by atoms with Crippen molar-refractivity contribution in [3.05, 3.63) is 0 Å². The summed E-state index contributed by atoms with van der Waals surface area (Å²) in [6.45, 7) is 7.97. The molecule has 0 radical (unpaired) electrons. The van der Waals surface area contributed by atoms with E-state index >= 15 is 0 Å². The summed E-state index contributed by atoms with van der Waals surface area (Å²) in [6.07, 6.45) is 4.95. The first kappa shape index (κ1) is 16.6. The van der Waals surface area contributed by atoms with Crippen LogP contribution in [0.4, 0.5) is 4.79 Å². The summed E-state index contributed by atoms with van der Waals surface area (Å²) in [5, 5.41) is 3.11. The van der Waals surface area contributed by atoms with E-state index in [-0.39, 0.29) is 6.03 Å². The highest BCUT2D eigenvalue weighted by molar-refractivity contribution is 5.74. The monoisotopic (exact) mass is 296 g/mol. The second-order valence-corrected chi connectivity index (χ2v) is 7.00. The lowest BCUT2D eigenvalue weighted by atomic mass is 10.1. The van der Waals surface area contributed by atoms with Gasteiger partial charge in [-0.25, -0.2) is 4.79 Å². The van der Waals surface area contributed by atoms with E-state index in [0.29, 0.717) is 12.1 Å². The Morgan fingerprint density at radius 2 is 1.95 bits per heavy atom. The summed E-state index contributed by atoms with van der Waals surface area (Å²) in [5.41, 5.74) is 0. The first-order valence-electron chi connectivity index (χ1n) is 8.44. The van der Waals surface area contributed by atoms with Crippen molar-refractivity contribution >= 4 is 6.03 Å². The molecule has 1 saturated heterocycles. The van der Waals surface area contributed by atoms with Crippen LogP contribution in [0.3, 0.4) is 0 Å². The van der Waals surface area contributed by atoms with Crippen LogP contribution in [0.25, 0.3) is 0 Å². The van der Waals surface area contributed by atoms with E-state index in [4.69, 9.17) is 0 Å². The van der Waals surface area contributed by atoms with Crippen LogP contribution in [0.15, 0.2) is 0 Å². The molecule has 5 heteroatoms. The van der Waals surface area contributed by atoms with Crippen molar-refractivity contribution in [2.75, 3.05) is 40.3 Å². The van der Waals surface area contributed by atoms with Crippen molar-refractivity contribution in [1.29, 1.82) is 0 Å². The molecule has 5 nitrogen and oxygen atoms in total. The number of rotatable bonds is 6. The zero-order valence-electron chi connectivity index (χ0n) is 14.1. The minimum absolute atomic E-state index is 0.112. The van der Waals surface area contributed by atoms with Gasteiger partial charge in [0, 0.05) is 44.3 Å². The summed E-state index contributed by atoms with van der Waals surface area (Å²) < 4.78 is 0. The van der Waals surface area contributed by atoms with E-state index in [2.05, 4.69) is 43.1 Å². The van der Waals surface area contributed by atoms with Crippen LogP contribution in [0.5, 0.6) is 0 Å². The number of hydrogen-bond donors (Lipinski definition) is 1. The maximum Gasteiger partial charge on any atom is 0.317 e. The topological polar surface area (TPSA) is 38.8 Å². The van der Waals surface area contributed by atoms with Crippen LogP contribution in [-0.2, 0) is 0 Å². The van der Waals surface area contributed by atoms with Crippen molar-refractivity contribution in [3.8, 4) is 0 Å². The number of nitrogens with zero attached hydrogens (tertiary/aromatic N) is 3. The molecule has 0 spiro atoms.